The normalized spacial score (nSPS) is 10.9. The molecule has 0 spiro atoms. The molecular formula is C21H13F3N4O. The third-order valence-corrected chi connectivity index (χ3v) is 4.37. The van der Waals surface area contributed by atoms with Gasteiger partial charge in [0.15, 0.2) is 23.3 Å². The highest BCUT2D eigenvalue weighted by Crippen LogP contribution is 2.34. The lowest BCUT2D eigenvalue weighted by Crippen LogP contribution is -2.12. The zero-order chi connectivity index (χ0) is 20.5. The van der Waals surface area contributed by atoms with Crippen LogP contribution in [0.2, 0.25) is 0 Å². The monoisotopic (exact) mass is 394 g/mol. The number of H-pyrrole nitrogens is 1. The van der Waals surface area contributed by atoms with E-state index >= 15 is 0 Å². The van der Waals surface area contributed by atoms with Crippen LogP contribution in [0.5, 0.6) is 0 Å². The van der Waals surface area contributed by atoms with Crippen molar-refractivity contribution in [1.82, 2.24) is 15.2 Å². The van der Waals surface area contributed by atoms with E-state index in [1.165, 1.54) is 0 Å². The van der Waals surface area contributed by atoms with Gasteiger partial charge < -0.3 is 5.73 Å². The quantitative estimate of drug-likeness (QED) is 0.506. The number of halogens is 3. The summed E-state index contributed by atoms with van der Waals surface area (Å²) in [7, 11) is 0. The summed E-state index contributed by atoms with van der Waals surface area (Å²) in [6.45, 7) is 0. The van der Waals surface area contributed by atoms with Crippen LogP contribution >= 0.6 is 0 Å². The Morgan fingerprint density at radius 3 is 2.07 bits per heavy atom. The molecule has 0 aliphatic carbocycles. The number of rotatable bonds is 4. The summed E-state index contributed by atoms with van der Waals surface area (Å²) in [5.74, 6) is -4.56. The minimum atomic E-state index is -1.51. The first-order chi connectivity index (χ1) is 13.9. The molecule has 29 heavy (non-hydrogen) atoms. The molecule has 0 aliphatic heterocycles. The molecule has 0 radical (unpaired) electrons. The predicted molar refractivity (Wildman–Crippen MR) is 101 cm³/mol. The third-order valence-electron chi connectivity index (χ3n) is 4.37. The number of nitrogens with zero attached hydrogens (tertiary/aromatic N) is 2. The van der Waals surface area contributed by atoms with Crippen molar-refractivity contribution in [2.75, 3.05) is 0 Å². The highest BCUT2D eigenvalue weighted by molar-refractivity contribution is 5.89. The highest BCUT2D eigenvalue weighted by Gasteiger charge is 2.15. The Labute approximate surface area is 163 Å². The van der Waals surface area contributed by atoms with Gasteiger partial charge in [-0.15, -0.1) is 0 Å². The molecule has 8 heteroatoms. The molecule has 3 N–H and O–H groups in total. The molecular weight excluding hydrogens is 381 g/mol. The van der Waals surface area contributed by atoms with Crippen LogP contribution in [0.1, 0.15) is 10.6 Å². The Balaban J connectivity index is 1.82. The minimum absolute atomic E-state index is 0.0666. The second-order valence-electron chi connectivity index (χ2n) is 6.25. The third kappa shape index (κ3) is 3.47. The van der Waals surface area contributed by atoms with Gasteiger partial charge in [0, 0.05) is 5.56 Å². The number of hydrogen-bond donors (Lipinski definition) is 2. The van der Waals surface area contributed by atoms with Gasteiger partial charge in [0.1, 0.15) is 0 Å². The SMILES string of the molecule is NC(=O)c1nc(-c2cccc(-c3ccccc3-c3cc(F)c(F)c(F)c3)c2)n[nH]1. The first-order valence-electron chi connectivity index (χ1n) is 8.51. The predicted octanol–water partition coefficient (Wildman–Crippen LogP) is 4.32. The lowest BCUT2D eigenvalue weighted by atomic mass is 9.93. The fourth-order valence-electron chi connectivity index (χ4n) is 3.02. The molecule has 1 aromatic heterocycles. The van der Waals surface area contributed by atoms with E-state index in [0.717, 1.165) is 12.1 Å². The van der Waals surface area contributed by atoms with E-state index in [0.29, 0.717) is 22.3 Å². The number of benzene rings is 3. The van der Waals surface area contributed by atoms with Gasteiger partial charge in [-0.1, -0.05) is 42.5 Å². The maximum atomic E-state index is 13.7. The van der Waals surface area contributed by atoms with Gasteiger partial charge in [0.2, 0.25) is 5.82 Å². The molecule has 144 valence electrons. The Hall–Kier alpha value is -3.94. The van der Waals surface area contributed by atoms with Crippen molar-refractivity contribution < 1.29 is 18.0 Å². The number of nitrogens with one attached hydrogen (secondary N) is 1. The van der Waals surface area contributed by atoms with Crippen LogP contribution in [0.3, 0.4) is 0 Å². The molecule has 4 aromatic rings. The zero-order valence-electron chi connectivity index (χ0n) is 14.8. The van der Waals surface area contributed by atoms with Gasteiger partial charge in [-0.3, -0.25) is 9.89 Å². The van der Waals surface area contributed by atoms with Crippen LogP contribution in [-0.2, 0) is 0 Å². The number of nitrogens with two attached hydrogens (primary N) is 1. The van der Waals surface area contributed by atoms with Crippen LogP contribution in [0.25, 0.3) is 33.6 Å². The molecule has 0 atom stereocenters. The van der Waals surface area contributed by atoms with Gasteiger partial charge in [0.25, 0.3) is 5.91 Å². The first-order valence-corrected chi connectivity index (χ1v) is 8.51. The molecule has 0 bridgehead atoms. The van der Waals surface area contributed by atoms with E-state index < -0.39 is 23.4 Å². The average Bonchev–Trinajstić information content (AvgIpc) is 3.22. The number of aromatic amines is 1. The largest absolute Gasteiger partial charge is 0.363 e. The summed E-state index contributed by atoms with van der Waals surface area (Å²) < 4.78 is 40.8. The topological polar surface area (TPSA) is 84.7 Å². The maximum Gasteiger partial charge on any atom is 0.286 e. The van der Waals surface area contributed by atoms with E-state index in [1.807, 2.05) is 0 Å². The van der Waals surface area contributed by atoms with Gasteiger partial charge in [-0.25, -0.2) is 18.2 Å². The molecule has 0 saturated carbocycles. The molecule has 5 nitrogen and oxygen atoms in total. The standard InChI is InChI=1S/C21H13F3N4O/c22-16-9-13(10-17(23)18(16)24)15-7-2-1-6-14(15)11-4-3-5-12(8-11)20-26-21(19(25)29)28-27-20/h1-10H,(H2,25,29)(H,26,27,28). The summed E-state index contributed by atoms with van der Waals surface area (Å²) in [6.07, 6.45) is 0. The van der Waals surface area contributed by atoms with Crippen molar-refractivity contribution in [3.05, 3.63) is 83.9 Å². The zero-order valence-corrected chi connectivity index (χ0v) is 14.8. The van der Waals surface area contributed by atoms with Gasteiger partial charge in [0.05, 0.1) is 0 Å². The number of hydrogen-bond acceptors (Lipinski definition) is 3. The lowest BCUT2D eigenvalue weighted by Gasteiger charge is -2.11. The fourth-order valence-corrected chi connectivity index (χ4v) is 3.02. The van der Waals surface area contributed by atoms with E-state index in [2.05, 4.69) is 15.2 Å². The van der Waals surface area contributed by atoms with Crippen molar-refractivity contribution in [1.29, 1.82) is 0 Å². The molecule has 0 aliphatic rings. The minimum Gasteiger partial charge on any atom is -0.363 e. The van der Waals surface area contributed by atoms with Crippen LogP contribution in [0.4, 0.5) is 13.2 Å². The summed E-state index contributed by atoms with van der Waals surface area (Å²) in [4.78, 5) is 15.3. The molecule has 0 unspecified atom stereocenters. The number of primary amides is 1. The van der Waals surface area contributed by atoms with Crippen LogP contribution in [0.15, 0.2) is 60.7 Å². The van der Waals surface area contributed by atoms with Gasteiger partial charge in [-0.2, -0.15) is 5.10 Å². The van der Waals surface area contributed by atoms with Crippen molar-refractivity contribution in [3.63, 3.8) is 0 Å². The van der Waals surface area contributed by atoms with Crippen LogP contribution < -0.4 is 5.73 Å². The van der Waals surface area contributed by atoms with Crippen molar-refractivity contribution in [2.24, 2.45) is 5.73 Å². The molecule has 1 amide bonds. The lowest BCUT2D eigenvalue weighted by molar-refractivity contribution is 0.0991. The molecule has 1 heterocycles. The number of amides is 1. The van der Waals surface area contributed by atoms with Crippen LogP contribution in [-0.4, -0.2) is 21.1 Å². The Morgan fingerprint density at radius 2 is 1.45 bits per heavy atom. The second-order valence-corrected chi connectivity index (χ2v) is 6.25. The van der Waals surface area contributed by atoms with Crippen molar-refractivity contribution in [3.8, 4) is 33.6 Å². The summed E-state index contributed by atoms with van der Waals surface area (Å²) in [5, 5.41) is 6.44. The molecule has 0 fully saturated rings. The number of carbonyl (C=O) groups is 1. The Morgan fingerprint density at radius 1 is 0.828 bits per heavy atom. The summed E-state index contributed by atoms with van der Waals surface area (Å²) >= 11 is 0. The van der Waals surface area contributed by atoms with E-state index in [1.54, 1.807) is 48.5 Å². The maximum absolute atomic E-state index is 13.7. The molecule has 0 saturated heterocycles. The molecule has 3 aromatic carbocycles. The average molecular weight is 394 g/mol. The molecule has 4 rings (SSSR count). The Bertz CT molecular complexity index is 1210. The van der Waals surface area contributed by atoms with Gasteiger partial charge >= 0.3 is 0 Å². The van der Waals surface area contributed by atoms with E-state index in [9.17, 15) is 18.0 Å². The smallest absolute Gasteiger partial charge is 0.286 e. The Kier molecular flexibility index (Phi) is 4.59. The summed E-state index contributed by atoms with van der Waals surface area (Å²) in [5.41, 5.74) is 7.91. The highest BCUT2D eigenvalue weighted by atomic mass is 19.2. The van der Waals surface area contributed by atoms with Gasteiger partial charge in [-0.05, 0) is 40.5 Å². The van der Waals surface area contributed by atoms with Crippen molar-refractivity contribution >= 4 is 5.91 Å². The number of aromatic nitrogens is 3. The van der Waals surface area contributed by atoms with Crippen molar-refractivity contribution in [2.45, 2.75) is 0 Å². The first kappa shape index (κ1) is 18.4. The number of carbonyl (C=O) groups excluding carboxylic acids is 1. The second kappa shape index (κ2) is 7.23. The summed E-state index contributed by atoms with van der Waals surface area (Å²) in [6, 6.07) is 15.9. The van der Waals surface area contributed by atoms with Crippen LogP contribution in [0, 0.1) is 17.5 Å². The van der Waals surface area contributed by atoms with E-state index in [-0.39, 0.29) is 17.2 Å². The van der Waals surface area contributed by atoms with E-state index in [4.69, 9.17) is 5.73 Å². The fraction of sp³-hybridized carbons (Fsp3) is 0.